The van der Waals surface area contributed by atoms with E-state index in [1.807, 2.05) is 0 Å². The first-order valence-corrected chi connectivity index (χ1v) is 3.76. The maximum absolute atomic E-state index is 11.3. The maximum Gasteiger partial charge on any atom is 0.155 e. The minimum Gasteiger partial charge on any atom is -0.319 e. The van der Waals surface area contributed by atoms with Gasteiger partial charge in [-0.05, 0) is 26.2 Å². The summed E-state index contributed by atoms with van der Waals surface area (Å²) >= 11 is 0. The van der Waals surface area contributed by atoms with Crippen LogP contribution < -0.4 is 5.73 Å². The van der Waals surface area contributed by atoms with Crippen molar-refractivity contribution < 1.29 is 4.79 Å². The summed E-state index contributed by atoms with van der Waals surface area (Å²) in [4.78, 5) is 11.3. The van der Waals surface area contributed by atoms with Crippen molar-refractivity contribution in [2.24, 2.45) is 17.6 Å². The van der Waals surface area contributed by atoms with Crippen molar-refractivity contribution in [1.29, 1.82) is 0 Å². The molecule has 2 heteroatoms. The smallest absolute Gasteiger partial charge is 0.155 e. The molecule has 1 aliphatic rings. The molecule has 1 aliphatic carbocycles. The van der Waals surface area contributed by atoms with Crippen LogP contribution in [0.4, 0.5) is 0 Å². The molecule has 1 fully saturated rings. The van der Waals surface area contributed by atoms with Gasteiger partial charge >= 0.3 is 0 Å². The minimum absolute atomic E-state index is 0.222. The summed E-state index contributed by atoms with van der Waals surface area (Å²) < 4.78 is 0. The molecule has 58 valence electrons. The molecule has 0 spiro atoms. The van der Waals surface area contributed by atoms with Crippen molar-refractivity contribution >= 4 is 5.78 Å². The molecule has 2 unspecified atom stereocenters. The average Bonchev–Trinajstić information content (AvgIpc) is 2.42. The zero-order chi connectivity index (χ0) is 7.94. The summed E-state index contributed by atoms with van der Waals surface area (Å²) in [5.74, 6) is 1.07. The van der Waals surface area contributed by atoms with E-state index in [2.05, 4.69) is 6.92 Å². The third-order valence-electron chi connectivity index (χ3n) is 2.08. The Labute approximate surface area is 61.8 Å². The van der Waals surface area contributed by atoms with Crippen LogP contribution in [0.15, 0.2) is 0 Å². The molecule has 0 radical (unpaired) electrons. The number of carbonyl (C=O) groups is 1. The Kier molecular flexibility index (Phi) is 1.59. The third-order valence-corrected chi connectivity index (χ3v) is 2.08. The SMILES string of the molecule is CC1CC1C(=O)C(C)(C)N. The zero-order valence-electron chi connectivity index (χ0n) is 6.85. The second kappa shape index (κ2) is 2.06. The molecule has 0 aromatic carbocycles. The molecule has 1 saturated carbocycles. The molecule has 2 atom stereocenters. The molecule has 0 saturated heterocycles. The van der Waals surface area contributed by atoms with Crippen molar-refractivity contribution in [2.45, 2.75) is 32.7 Å². The summed E-state index contributed by atoms with van der Waals surface area (Å²) in [7, 11) is 0. The molecule has 0 heterocycles. The maximum atomic E-state index is 11.3. The highest BCUT2D eigenvalue weighted by Crippen LogP contribution is 2.40. The predicted octanol–water partition coefficient (Wildman–Crippen LogP) is 0.949. The van der Waals surface area contributed by atoms with E-state index >= 15 is 0 Å². The first-order chi connectivity index (χ1) is 4.43. The Hall–Kier alpha value is -0.370. The number of ketones is 1. The number of rotatable bonds is 2. The second-order valence-electron chi connectivity index (χ2n) is 3.91. The molecule has 1 rings (SSSR count). The number of Topliss-reactive ketones (excluding diaryl/α,β-unsaturated/α-hetero) is 1. The lowest BCUT2D eigenvalue weighted by molar-refractivity contribution is -0.124. The quantitative estimate of drug-likeness (QED) is 0.622. The van der Waals surface area contributed by atoms with Gasteiger partial charge in [-0.3, -0.25) is 4.79 Å². The van der Waals surface area contributed by atoms with Crippen LogP contribution in [0.5, 0.6) is 0 Å². The summed E-state index contributed by atoms with van der Waals surface area (Å²) in [5, 5.41) is 0. The van der Waals surface area contributed by atoms with Gasteiger partial charge in [0.25, 0.3) is 0 Å². The predicted molar refractivity (Wildman–Crippen MR) is 40.5 cm³/mol. The molecule has 2 N–H and O–H groups in total. The molecular weight excluding hydrogens is 126 g/mol. The Morgan fingerprint density at radius 3 is 2.10 bits per heavy atom. The van der Waals surface area contributed by atoms with E-state index in [-0.39, 0.29) is 11.7 Å². The van der Waals surface area contributed by atoms with Gasteiger partial charge in [0, 0.05) is 5.92 Å². The van der Waals surface area contributed by atoms with E-state index < -0.39 is 5.54 Å². The van der Waals surface area contributed by atoms with Crippen LogP contribution in [-0.4, -0.2) is 11.3 Å². The minimum atomic E-state index is -0.616. The zero-order valence-corrected chi connectivity index (χ0v) is 6.85. The van der Waals surface area contributed by atoms with Crippen molar-refractivity contribution in [2.75, 3.05) is 0 Å². The van der Waals surface area contributed by atoms with E-state index in [1.54, 1.807) is 13.8 Å². The molecule has 0 aromatic heterocycles. The van der Waals surface area contributed by atoms with Crippen LogP contribution in [0.25, 0.3) is 0 Å². The van der Waals surface area contributed by atoms with Crippen molar-refractivity contribution in [3.05, 3.63) is 0 Å². The largest absolute Gasteiger partial charge is 0.319 e. The lowest BCUT2D eigenvalue weighted by Gasteiger charge is -2.15. The molecule has 0 amide bonds. The highest BCUT2D eigenvalue weighted by Gasteiger charge is 2.43. The topological polar surface area (TPSA) is 43.1 Å². The van der Waals surface area contributed by atoms with Crippen LogP contribution in [-0.2, 0) is 4.79 Å². The fraction of sp³-hybridized carbons (Fsp3) is 0.875. The van der Waals surface area contributed by atoms with Gasteiger partial charge in [-0.2, -0.15) is 0 Å². The van der Waals surface area contributed by atoms with Gasteiger partial charge in [0.1, 0.15) is 0 Å². The highest BCUT2D eigenvalue weighted by molar-refractivity contribution is 5.91. The summed E-state index contributed by atoms with van der Waals surface area (Å²) in [6, 6.07) is 0. The van der Waals surface area contributed by atoms with Gasteiger partial charge in [-0.15, -0.1) is 0 Å². The van der Waals surface area contributed by atoms with Crippen molar-refractivity contribution in [1.82, 2.24) is 0 Å². The normalized spacial score (nSPS) is 32.0. The molecule has 0 aromatic rings. The van der Waals surface area contributed by atoms with Gasteiger partial charge in [-0.25, -0.2) is 0 Å². The first kappa shape index (κ1) is 7.73. The standard InChI is InChI=1S/C8H15NO/c1-5-4-6(5)7(10)8(2,3)9/h5-6H,4,9H2,1-3H3. The molecule has 10 heavy (non-hydrogen) atoms. The van der Waals surface area contributed by atoms with Crippen LogP contribution in [0.1, 0.15) is 27.2 Å². The van der Waals surface area contributed by atoms with Crippen LogP contribution >= 0.6 is 0 Å². The Morgan fingerprint density at radius 1 is 1.60 bits per heavy atom. The van der Waals surface area contributed by atoms with Crippen molar-refractivity contribution in [3.63, 3.8) is 0 Å². The van der Waals surface area contributed by atoms with E-state index in [0.717, 1.165) is 6.42 Å². The monoisotopic (exact) mass is 141 g/mol. The van der Waals surface area contributed by atoms with Gasteiger partial charge in [0.15, 0.2) is 5.78 Å². The van der Waals surface area contributed by atoms with Crippen molar-refractivity contribution in [3.8, 4) is 0 Å². The summed E-state index contributed by atoms with van der Waals surface area (Å²) in [5.41, 5.74) is 5.02. The van der Waals surface area contributed by atoms with Gasteiger partial charge in [-0.1, -0.05) is 6.92 Å². The number of nitrogens with two attached hydrogens (primary N) is 1. The van der Waals surface area contributed by atoms with Gasteiger partial charge in [0.2, 0.25) is 0 Å². The second-order valence-corrected chi connectivity index (χ2v) is 3.91. The molecular formula is C8H15NO. The van der Waals surface area contributed by atoms with Crippen LogP contribution in [0.3, 0.4) is 0 Å². The number of hydrogen-bond acceptors (Lipinski definition) is 2. The fourth-order valence-corrected chi connectivity index (χ4v) is 1.17. The molecule has 2 nitrogen and oxygen atoms in total. The Bertz CT molecular complexity index is 157. The lowest BCUT2D eigenvalue weighted by Crippen LogP contribution is -2.42. The Morgan fingerprint density at radius 2 is 2.00 bits per heavy atom. The first-order valence-electron chi connectivity index (χ1n) is 3.76. The Balaban J connectivity index is 2.51. The molecule has 0 aliphatic heterocycles. The third kappa shape index (κ3) is 1.37. The highest BCUT2D eigenvalue weighted by atomic mass is 16.1. The van der Waals surface area contributed by atoms with E-state index in [1.165, 1.54) is 0 Å². The van der Waals surface area contributed by atoms with E-state index in [9.17, 15) is 4.79 Å². The number of carbonyl (C=O) groups excluding carboxylic acids is 1. The summed E-state index contributed by atoms with van der Waals surface area (Å²) in [6.07, 6.45) is 1.04. The average molecular weight is 141 g/mol. The van der Waals surface area contributed by atoms with Crippen LogP contribution in [0, 0.1) is 11.8 Å². The van der Waals surface area contributed by atoms with Gasteiger partial charge < -0.3 is 5.73 Å². The van der Waals surface area contributed by atoms with Gasteiger partial charge in [0.05, 0.1) is 5.54 Å². The molecule has 0 bridgehead atoms. The van der Waals surface area contributed by atoms with Crippen LogP contribution in [0.2, 0.25) is 0 Å². The lowest BCUT2D eigenvalue weighted by atomic mass is 9.96. The fourth-order valence-electron chi connectivity index (χ4n) is 1.17. The van der Waals surface area contributed by atoms with E-state index in [0.29, 0.717) is 5.92 Å². The summed E-state index contributed by atoms with van der Waals surface area (Å²) in [6.45, 7) is 5.65. The van der Waals surface area contributed by atoms with E-state index in [4.69, 9.17) is 5.73 Å². The number of hydrogen-bond donors (Lipinski definition) is 1.